The maximum absolute atomic E-state index is 12.7. The van der Waals surface area contributed by atoms with E-state index in [0.717, 1.165) is 6.42 Å². The highest BCUT2D eigenvalue weighted by Gasteiger charge is 2.28. The first-order valence-corrected chi connectivity index (χ1v) is 3.67. The molecule has 0 saturated heterocycles. The normalized spacial score (nSPS) is 41.7. The fraction of sp³-hybridized carbons (Fsp3) is 1.00. The van der Waals surface area contributed by atoms with E-state index < -0.39 is 12.3 Å². The van der Waals surface area contributed by atoms with Gasteiger partial charge in [0.05, 0.1) is 6.10 Å². The molecule has 0 aromatic carbocycles. The van der Waals surface area contributed by atoms with Crippen molar-refractivity contribution in [2.24, 2.45) is 5.92 Å². The van der Waals surface area contributed by atoms with Crippen LogP contribution in [0.5, 0.6) is 0 Å². The van der Waals surface area contributed by atoms with Crippen LogP contribution >= 0.6 is 0 Å². The SMILES string of the molecule is OC[C@H]1CC[C@@H](O)[C@H](F)C1. The number of aliphatic hydroxyl groups is 2. The molecule has 1 saturated carbocycles. The average Bonchev–Trinajstić information content (AvgIpc) is 1.95. The highest BCUT2D eigenvalue weighted by molar-refractivity contribution is 4.78. The maximum Gasteiger partial charge on any atom is 0.126 e. The van der Waals surface area contributed by atoms with Gasteiger partial charge in [0.15, 0.2) is 0 Å². The first-order valence-electron chi connectivity index (χ1n) is 3.67. The maximum atomic E-state index is 12.7. The lowest BCUT2D eigenvalue weighted by Crippen LogP contribution is -2.31. The van der Waals surface area contributed by atoms with Gasteiger partial charge in [-0.1, -0.05) is 0 Å². The molecule has 0 spiro atoms. The summed E-state index contributed by atoms with van der Waals surface area (Å²) in [5.74, 6) is 0.0680. The van der Waals surface area contributed by atoms with E-state index in [9.17, 15) is 4.39 Å². The second-order valence-electron chi connectivity index (χ2n) is 2.94. The Kier molecular flexibility index (Phi) is 2.63. The number of hydrogen-bond acceptors (Lipinski definition) is 2. The van der Waals surface area contributed by atoms with Crippen LogP contribution in [0.4, 0.5) is 4.39 Å². The molecule has 0 radical (unpaired) electrons. The second-order valence-corrected chi connectivity index (χ2v) is 2.94. The van der Waals surface area contributed by atoms with Crippen LogP contribution in [0, 0.1) is 5.92 Å². The molecule has 1 rings (SSSR count). The van der Waals surface area contributed by atoms with Crippen LogP contribution in [0.15, 0.2) is 0 Å². The van der Waals surface area contributed by atoms with Gasteiger partial charge in [0.2, 0.25) is 0 Å². The van der Waals surface area contributed by atoms with Gasteiger partial charge in [-0.15, -0.1) is 0 Å². The molecule has 0 aromatic rings. The van der Waals surface area contributed by atoms with Crippen LogP contribution in [0.25, 0.3) is 0 Å². The molecule has 1 aliphatic carbocycles. The summed E-state index contributed by atoms with van der Waals surface area (Å²) in [4.78, 5) is 0. The number of alkyl halides is 1. The van der Waals surface area contributed by atoms with Gasteiger partial charge in [-0.2, -0.15) is 0 Å². The van der Waals surface area contributed by atoms with Gasteiger partial charge in [0.25, 0.3) is 0 Å². The topological polar surface area (TPSA) is 40.5 Å². The van der Waals surface area contributed by atoms with Crippen LogP contribution in [-0.4, -0.2) is 29.1 Å². The Balaban J connectivity index is 2.33. The molecule has 0 bridgehead atoms. The standard InChI is InChI=1S/C7H13FO2/c8-6-3-5(4-9)1-2-7(6)10/h5-7,9-10H,1-4H2/t5-,6+,7+/m0/s1. The molecule has 0 aliphatic heterocycles. The van der Waals surface area contributed by atoms with Crippen LogP contribution in [0.1, 0.15) is 19.3 Å². The third kappa shape index (κ3) is 1.67. The van der Waals surface area contributed by atoms with Crippen molar-refractivity contribution in [2.75, 3.05) is 6.61 Å². The number of halogens is 1. The predicted octanol–water partition coefficient (Wildman–Crippen LogP) is 0.478. The third-order valence-corrected chi connectivity index (χ3v) is 2.10. The quantitative estimate of drug-likeness (QED) is 0.567. The smallest absolute Gasteiger partial charge is 0.126 e. The number of aliphatic hydroxyl groups excluding tert-OH is 2. The molecule has 0 amide bonds. The summed E-state index contributed by atoms with van der Waals surface area (Å²) in [5, 5.41) is 17.6. The summed E-state index contributed by atoms with van der Waals surface area (Å²) in [5.41, 5.74) is 0. The Hall–Kier alpha value is -0.150. The molecule has 3 heteroatoms. The van der Waals surface area contributed by atoms with Crippen molar-refractivity contribution in [1.29, 1.82) is 0 Å². The van der Waals surface area contributed by atoms with Gasteiger partial charge in [-0.05, 0) is 25.2 Å². The molecular formula is C7H13FO2. The van der Waals surface area contributed by atoms with Crippen molar-refractivity contribution < 1.29 is 14.6 Å². The van der Waals surface area contributed by atoms with Gasteiger partial charge >= 0.3 is 0 Å². The van der Waals surface area contributed by atoms with E-state index in [1.54, 1.807) is 0 Å². The molecule has 2 N–H and O–H groups in total. The Morgan fingerprint density at radius 2 is 2.10 bits per heavy atom. The van der Waals surface area contributed by atoms with Crippen molar-refractivity contribution in [2.45, 2.75) is 31.5 Å². The molecule has 0 aromatic heterocycles. The van der Waals surface area contributed by atoms with E-state index in [1.807, 2.05) is 0 Å². The zero-order chi connectivity index (χ0) is 7.56. The van der Waals surface area contributed by atoms with Gasteiger partial charge in [-0.25, -0.2) is 4.39 Å². The van der Waals surface area contributed by atoms with Crippen LogP contribution in [0.2, 0.25) is 0 Å². The minimum atomic E-state index is -1.12. The summed E-state index contributed by atoms with van der Waals surface area (Å²) < 4.78 is 12.7. The lowest BCUT2D eigenvalue weighted by molar-refractivity contribution is 0.0126. The Labute approximate surface area is 59.7 Å². The Morgan fingerprint density at radius 1 is 1.40 bits per heavy atom. The van der Waals surface area contributed by atoms with Gasteiger partial charge in [0, 0.05) is 6.61 Å². The summed E-state index contributed by atoms with van der Waals surface area (Å²) in [6.07, 6.45) is -0.351. The van der Waals surface area contributed by atoms with Crippen LogP contribution in [-0.2, 0) is 0 Å². The fourth-order valence-electron chi connectivity index (χ4n) is 1.35. The van der Waals surface area contributed by atoms with E-state index in [-0.39, 0.29) is 12.5 Å². The minimum Gasteiger partial charge on any atom is -0.396 e. The van der Waals surface area contributed by atoms with Gasteiger partial charge < -0.3 is 10.2 Å². The monoisotopic (exact) mass is 148 g/mol. The largest absolute Gasteiger partial charge is 0.396 e. The molecule has 2 nitrogen and oxygen atoms in total. The van der Waals surface area contributed by atoms with Crippen molar-refractivity contribution in [1.82, 2.24) is 0 Å². The van der Waals surface area contributed by atoms with E-state index in [0.29, 0.717) is 12.8 Å². The molecular weight excluding hydrogens is 135 g/mol. The highest BCUT2D eigenvalue weighted by Crippen LogP contribution is 2.25. The van der Waals surface area contributed by atoms with E-state index >= 15 is 0 Å². The second kappa shape index (κ2) is 3.30. The Bertz CT molecular complexity index is 108. The summed E-state index contributed by atoms with van der Waals surface area (Å²) >= 11 is 0. The van der Waals surface area contributed by atoms with Crippen molar-refractivity contribution in [3.8, 4) is 0 Å². The van der Waals surface area contributed by atoms with Crippen molar-refractivity contribution in [3.05, 3.63) is 0 Å². The highest BCUT2D eigenvalue weighted by atomic mass is 19.1. The average molecular weight is 148 g/mol. The zero-order valence-corrected chi connectivity index (χ0v) is 5.83. The molecule has 1 fully saturated rings. The molecule has 0 heterocycles. The third-order valence-electron chi connectivity index (χ3n) is 2.10. The minimum absolute atomic E-state index is 0.0488. The van der Waals surface area contributed by atoms with Crippen molar-refractivity contribution in [3.63, 3.8) is 0 Å². The predicted molar refractivity (Wildman–Crippen MR) is 35.3 cm³/mol. The molecule has 60 valence electrons. The van der Waals surface area contributed by atoms with Gasteiger partial charge in [0.1, 0.15) is 6.17 Å². The summed E-state index contributed by atoms with van der Waals surface area (Å²) in [6.45, 7) is 0.0488. The van der Waals surface area contributed by atoms with E-state index in [4.69, 9.17) is 10.2 Å². The molecule has 0 unspecified atom stereocenters. The van der Waals surface area contributed by atoms with Crippen LogP contribution in [0.3, 0.4) is 0 Å². The van der Waals surface area contributed by atoms with Crippen molar-refractivity contribution >= 4 is 0 Å². The number of hydrogen-bond donors (Lipinski definition) is 2. The van der Waals surface area contributed by atoms with Crippen LogP contribution < -0.4 is 0 Å². The zero-order valence-electron chi connectivity index (χ0n) is 5.83. The fourth-order valence-corrected chi connectivity index (χ4v) is 1.35. The number of rotatable bonds is 1. The summed E-state index contributed by atoms with van der Waals surface area (Å²) in [6, 6.07) is 0. The van der Waals surface area contributed by atoms with Gasteiger partial charge in [-0.3, -0.25) is 0 Å². The lowest BCUT2D eigenvalue weighted by Gasteiger charge is -2.26. The molecule has 3 atom stereocenters. The molecule has 1 aliphatic rings. The first kappa shape index (κ1) is 7.95. The Morgan fingerprint density at radius 3 is 2.60 bits per heavy atom. The van der Waals surface area contributed by atoms with E-state index in [1.165, 1.54) is 0 Å². The summed E-state index contributed by atoms with van der Waals surface area (Å²) in [7, 11) is 0. The van der Waals surface area contributed by atoms with E-state index in [2.05, 4.69) is 0 Å². The molecule has 10 heavy (non-hydrogen) atoms. The lowest BCUT2D eigenvalue weighted by atomic mass is 9.87. The first-order chi connectivity index (χ1) is 4.74.